The number of amides is 1. The van der Waals surface area contributed by atoms with Crippen LogP contribution in [0.2, 0.25) is 0 Å². The molecule has 14 nitrogen and oxygen atoms in total. The first-order valence-corrected chi connectivity index (χ1v) is 38.0. The maximum atomic E-state index is 13.4. The fourth-order valence-electron chi connectivity index (χ4n) is 12.0. The van der Waals surface area contributed by atoms with Crippen molar-refractivity contribution >= 4 is 5.91 Å². The molecule has 93 heavy (non-hydrogen) atoms. The van der Waals surface area contributed by atoms with Gasteiger partial charge in [-0.2, -0.15) is 0 Å². The van der Waals surface area contributed by atoms with Gasteiger partial charge in [0, 0.05) is 6.42 Å². The van der Waals surface area contributed by atoms with Crippen molar-refractivity contribution in [1.29, 1.82) is 0 Å². The first-order chi connectivity index (χ1) is 45.6. The number of aliphatic hydroxyl groups excluding tert-OH is 8. The predicted molar refractivity (Wildman–Crippen MR) is 383 cm³/mol. The highest BCUT2D eigenvalue weighted by Crippen LogP contribution is 2.30. The fourth-order valence-corrected chi connectivity index (χ4v) is 12.0. The van der Waals surface area contributed by atoms with Crippen LogP contribution in [-0.2, 0) is 23.7 Å². The summed E-state index contributed by atoms with van der Waals surface area (Å²) in [5.41, 5.74) is 0. The lowest BCUT2D eigenvalue weighted by Crippen LogP contribution is -2.65. The number of carbonyl (C=O) groups excluding carboxylic acids is 1. The number of unbranched alkanes of at least 4 members (excludes halogenated alkanes) is 35. The Hall–Kier alpha value is -3.09. The number of carbonyl (C=O) groups is 1. The zero-order valence-corrected chi connectivity index (χ0v) is 58.7. The van der Waals surface area contributed by atoms with Crippen molar-refractivity contribution in [1.82, 2.24) is 5.32 Å². The van der Waals surface area contributed by atoms with E-state index in [4.69, 9.17) is 18.9 Å². The minimum Gasteiger partial charge on any atom is -0.394 e. The number of rotatable bonds is 62. The van der Waals surface area contributed by atoms with E-state index in [1.807, 2.05) is 6.08 Å². The van der Waals surface area contributed by atoms with E-state index in [0.29, 0.717) is 6.42 Å². The molecule has 2 heterocycles. The lowest BCUT2D eigenvalue weighted by atomic mass is 9.97. The molecule has 14 heteroatoms. The SMILES string of the molecule is CC/C=C\C/C=C\C/C=C\C/C=C\C/C=C\C/C=C\C/C=C\CCCCCCCCCCCCCCCCCCCC(=O)NC(COC1OC(CO)C(OC2OC(CO)C(O)C(O)C2O)C(O)C1O)C(O)/C=C/CCCCCCCCCCCCCCCCCCCC. The van der Waals surface area contributed by atoms with Crippen LogP contribution in [0.3, 0.4) is 0 Å². The molecule has 538 valence electrons. The molecule has 9 N–H and O–H groups in total. The highest BCUT2D eigenvalue weighted by atomic mass is 16.7. The number of hydrogen-bond acceptors (Lipinski definition) is 13. The predicted octanol–water partition coefficient (Wildman–Crippen LogP) is 16.5. The molecule has 0 spiro atoms. The van der Waals surface area contributed by atoms with Gasteiger partial charge < -0.3 is 65.1 Å². The van der Waals surface area contributed by atoms with E-state index >= 15 is 0 Å². The first-order valence-electron chi connectivity index (χ1n) is 38.0. The van der Waals surface area contributed by atoms with Crippen molar-refractivity contribution in [2.75, 3.05) is 19.8 Å². The van der Waals surface area contributed by atoms with Crippen LogP contribution in [0.15, 0.2) is 97.2 Å². The summed E-state index contributed by atoms with van der Waals surface area (Å²) < 4.78 is 22.9. The molecule has 2 saturated heterocycles. The van der Waals surface area contributed by atoms with Gasteiger partial charge in [0.25, 0.3) is 0 Å². The Balaban J connectivity index is 1.60. The first kappa shape index (κ1) is 86.0. The molecule has 0 bridgehead atoms. The Bertz CT molecular complexity index is 1930. The molecule has 0 aliphatic carbocycles. The average Bonchev–Trinajstić information content (AvgIpc) is 0.854. The Morgan fingerprint density at radius 3 is 1.14 bits per heavy atom. The van der Waals surface area contributed by atoms with E-state index in [2.05, 4.69) is 104 Å². The van der Waals surface area contributed by atoms with Gasteiger partial charge in [0.15, 0.2) is 12.6 Å². The third-order valence-electron chi connectivity index (χ3n) is 18.0. The second-order valence-electron chi connectivity index (χ2n) is 26.4. The second-order valence-corrected chi connectivity index (χ2v) is 26.4. The van der Waals surface area contributed by atoms with Crippen LogP contribution in [0, 0.1) is 0 Å². The summed E-state index contributed by atoms with van der Waals surface area (Å²) in [5.74, 6) is -0.238. The van der Waals surface area contributed by atoms with Gasteiger partial charge in [0.2, 0.25) is 5.91 Å². The van der Waals surface area contributed by atoms with E-state index in [0.717, 1.165) is 83.5 Å². The van der Waals surface area contributed by atoms with Crippen LogP contribution >= 0.6 is 0 Å². The van der Waals surface area contributed by atoms with E-state index in [9.17, 15) is 45.6 Å². The van der Waals surface area contributed by atoms with Crippen LogP contribution in [-0.4, -0.2) is 140 Å². The van der Waals surface area contributed by atoms with E-state index < -0.39 is 86.8 Å². The summed E-state index contributed by atoms with van der Waals surface area (Å²) in [5, 5.41) is 87.5. The summed E-state index contributed by atoms with van der Waals surface area (Å²) >= 11 is 0. The van der Waals surface area contributed by atoms with Crippen LogP contribution in [0.25, 0.3) is 0 Å². The van der Waals surface area contributed by atoms with Crippen molar-refractivity contribution < 1.29 is 64.6 Å². The fraction of sp³-hybridized carbons (Fsp3) is 0.785. The van der Waals surface area contributed by atoms with Gasteiger partial charge in [0.05, 0.1) is 32.0 Å². The van der Waals surface area contributed by atoms with Crippen molar-refractivity contribution in [3.05, 3.63) is 97.2 Å². The molecular weight excluding hydrogens is 1170 g/mol. The van der Waals surface area contributed by atoms with Crippen LogP contribution < -0.4 is 5.32 Å². The smallest absolute Gasteiger partial charge is 0.220 e. The number of ether oxygens (including phenoxy) is 4. The molecule has 0 aromatic heterocycles. The highest BCUT2D eigenvalue weighted by molar-refractivity contribution is 5.76. The van der Waals surface area contributed by atoms with Gasteiger partial charge in [-0.3, -0.25) is 4.79 Å². The molecule has 1 amide bonds. The Morgan fingerprint density at radius 2 is 0.742 bits per heavy atom. The molecule has 0 radical (unpaired) electrons. The molecule has 2 rings (SSSR count). The third-order valence-corrected chi connectivity index (χ3v) is 18.0. The Morgan fingerprint density at radius 1 is 0.398 bits per heavy atom. The summed E-state index contributed by atoms with van der Waals surface area (Å²) in [4.78, 5) is 13.4. The van der Waals surface area contributed by atoms with E-state index in [1.165, 1.54) is 193 Å². The molecule has 12 unspecified atom stereocenters. The molecule has 2 aliphatic rings. The lowest BCUT2D eigenvalue weighted by molar-refractivity contribution is -0.359. The molecule has 12 atom stereocenters. The number of aliphatic hydroxyl groups is 8. The molecule has 0 saturated carbocycles. The minimum absolute atomic E-state index is 0.238. The third kappa shape index (κ3) is 45.9. The summed E-state index contributed by atoms with van der Waals surface area (Å²) in [7, 11) is 0. The molecule has 2 aliphatic heterocycles. The van der Waals surface area contributed by atoms with Crippen LogP contribution in [0.1, 0.15) is 303 Å². The van der Waals surface area contributed by atoms with Crippen LogP contribution in [0.4, 0.5) is 0 Å². The van der Waals surface area contributed by atoms with Gasteiger partial charge in [-0.15, -0.1) is 0 Å². The molecular formula is C79H139NO13. The highest BCUT2D eigenvalue weighted by Gasteiger charge is 2.51. The van der Waals surface area contributed by atoms with Gasteiger partial charge in [0.1, 0.15) is 48.8 Å². The van der Waals surface area contributed by atoms with Gasteiger partial charge >= 0.3 is 0 Å². The van der Waals surface area contributed by atoms with E-state index in [-0.39, 0.29) is 18.9 Å². The number of nitrogens with one attached hydrogen (secondary N) is 1. The molecule has 2 fully saturated rings. The van der Waals surface area contributed by atoms with Gasteiger partial charge in [-0.25, -0.2) is 0 Å². The molecule has 0 aromatic carbocycles. The number of hydrogen-bond donors (Lipinski definition) is 9. The Kier molecular flexibility index (Phi) is 57.7. The maximum Gasteiger partial charge on any atom is 0.220 e. The topological polar surface area (TPSA) is 228 Å². The summed E-state index contributed by atoms with van der Waals surface area (Å²) in [6.07, 6.45) is 71.8. The monoisotopic (exact) mass is 1310 g/mol. The zero-order chi connectivity index (χ0) is 67.3. The number of allylic oxidation sites excluding steroid dienone is 15. The largest absolute Gasteiger partial charge is 0.394 e. The molecule has 0 aromatic rings. The van der Waals surface area contributed by atoms with Gasteiger partial charge in [-0.05, 0) is 77.0 Å². The standard InChI is InChI=1S/C79H139NO13/c1-3-5-7-9-11-13-15-17-19-21-23-25-26-27-28-29-30-31-32-33-34-35-36-37-38-39-40-41-42-43-45-47-49-51-53-55-57-59-61-63-71(84)80-67(68(83)62-60-58-56-54-52-50-48-46-44-24-22-20-18-16-14-12-10-8-6-4-2)66-90-78-76(89)74(87)77(70(65-82)92-78)93-79-75(88)73(86)72(85)69(64-81)91-79/h5,7,11,13,17,19,23,25,27-28,30-31,33-34,60,62,67-70,72-79,81-83,85-89H,3-4,6,8-10,12,14-16,18,20-22,24,26,29,32,35-59,61,63-66H2,1-2H3,(H,80,84)/b7-5-,13-11-,19-17-,25-23-,28-27-,31-30-,34-33-,62-60+. The van der Waals surface area contributed by atoms with Crippen molar-refractivity contribution in [3.8, 4) is 0 Å². The van der Waals surface area contributed by atoms with E-state index in [1.54, 1.807) is 6.08 Å². The summed E-state index contributed by atoms with van der Waals surface area (Å²) in [6.45, 7) is 2.72. The second kappa shape index (κ2) is 62.4. The lowest BCUT2D eigenvalue weighted by Gasteiger charge is -2.46. The maximum absolute atomic E-state index is 13.4. The quantitative estimate of drug-likeness (QED) is 0.0204. The Labute approximate surface area is 566 Å². The van der Waals surface area contributed by atoms with Crippen molar-refractivity contribution in [3.63, 3.8) is 0 Å². The van der Waals surface area contributed by atoms with Crippen molar-refractivity contribution in [2.24, 2.45) is 0 Å². The normalized spacial score (nSPS) is 23.1. The summed E-state index contributed by atoms with van der Waals surface area (Å²) in [6, 6.07) is -0.919. The van der Waals surface area contributed by atoms with Crippen molar-refractivity contribution in [2.45, 2.75) is 376 Å². The average molecular weight is 1310 g/mol. The van der Waals surface area contributed by atoms with Crippen LogP contribution in [0.5, 0.6) is 0 Å². The van der Waals surface area contributed by atoms with Gasteiger partial charge in [-0.1, -0.05) is 317 Å². The zero-order valence-electron chi connectivity index (χ0n) is 58.7. The minimum atomic E-state index is -1.79.